The molecular formula is C12H18N2O5. The fourth-order valence-electron chi connectivity index (χ4n) is 2.16. The summed E-state index contributed by atoms with van der Waals surface area (Å²) in [5, 5.41) is 18.7. The smallest absolute Gasteiger partial charge is 0.414 e. The van der Waals surface area contributed by atoms with Crippen molar-refractivity contribution in [2.45, 2.75) is 26.3 Å². The van der Waals surface area contributed by atoms with Crippen LogP contribution in [0.25, 0.3) is 0 Å². The van der Waals surface area contributed by atoms with E-state index in [-0.39, 0.29) is 0 Å². The van der Waals surface area contributed by atoms with Gasteiger partial charge in [0.25, 0.3) is 0 Å². The Morgan fingerprint density at radius 3 is 2.32 bits per heavy atom. The molecule has 0 amide bonds. The Bertz CT molecular complexity index is 435. The van der Waals surface area contributed by atoms with Crippen LogP contribution in [0.3, 0.4) is 0 Å². The third-order valence-corrected chi connectivity index (χ3v) is 3.07. The van der Waals surface area contributed by atoms with Crippen molar-refractivity contribution < 1.29 is 24.3 Å². The molecule has 1 aromatic rings. The fraction of sp³-hybridized carbons (Fsp3) is 0.583. The lowest BCUT2D eigenvalue weighted by Crippen LogP contribution is -2.19. The Hall–Kier alpha value is -1.89. The standard InChI is InChI=1S/C10H16N2O.C2H2O4/c1-7-4-5-12(3)10(7)9-6-8(2)11-13-9;3-1(4)2(5)6/h6-7,10H,4-5H2,1-3H3;(H,3,4)(H,5,6)/t7-,10-;/m1./s1. The van der Waals surface area contributed by atoms with Crippen molar-refractivity contribution in [1.29, 1.82) is 0 Å². The zero-order valence-electron chi connectivity index (χ0n) is 11.2. The molecule has 1 aromatic heterocycles. The Labute approximate surface area is 110 Å². The molecule has 0 radical (unpaired) electrons. The van der Waals surface area contributed by atoms with E-state index in [1.807, 2.05) is 13.0 Å². The average Bonchev–Trinajstić information content (AvgIpc) is 2.86. The predicted molar refractivity (Wildman–Crippen MR) is 65.7 cm³/mol. The lowest BCUT2D eigenvalue weighted by Gasteiger charge is -2.19. The van der Waals surface area contributed by atoms with Crippen molar-refractivity contribution in [3.63, 3.8) is 0 Å². The van der Waals surface area contributed by atoms with Crippen LogP contribution in [0, 0.1) is 12.8 Å². The highest BCUT2D eigenvalue weighted by Gasteiger charge is 2.32. The second kappa shape index (κ2) is 6.33. The van der Waals surface area contributed by atoms with Crippen molar-refractivity contribution >= 4 is 11.9 Å². The summed E-state index contributed by atoms with van der Waals surface area (Å²) in [4.78, 5) is 20.5. The second-order valence-corrected chi connectivity index (χ2v) is 4.67. The van der Waals surface area contributed by atoms with Crippen molar-refractivity contribution in [2.75, 3.05) is 13.6 Å². The van der Waals surface area contributed by atoms with Crippen LogP contribution in [-0.2, 0) is 9.59 Å². The zero-order valence-corrected chi connectivity index (χ0v) is 11.2. The van der Waals surface area contributed by atoms with Crippen LogP contribution in [0.2, 0.25) is 0 Å². The van der Waals surface area contributed by atoms with Crippen LogP contribution in [0.4, 0.5) is 0 Å². The van der Waals surface area contributed by atoms with Crippen LogP contribution in [0.1, 0.15) is 30.8 Å². The van der Waals surface area contributed by atoms with Crippen molar-refractivity contribution in [3.8, 4) is 0 Å². The fourth-order valence-corrected chi connectivity index (χ4v) is 2.16. The molecule has 0 bridgehead atoms. The number of nitrogens with zero attached hydrogens (tertiary/aromatic N) is 2. The summed E-state index contributed by atoms with van der Waals surface area (Å²) >= 11 is 0. The minimum atomic E-state index is -1.82. The van der Waals surface area contributed by atoms with E-state index in [0.29, 0.717) is 12.0 Å². The molecule has 2 heterocycles. The molecule has 7 heteroatoms. The Morgan fingerprint density at radius 1 is 1.42 bits per heavy atom. The number of carboxylic acid groups (broad SMARTS) is 2. The van der Waals surface area contributed by atoms with Gasteiger partial charge >= 0.3 is 11.9 Å². The van der Waals surface area contributed by atoms with E-state index in [0.717, 1.165) is 18.0 Å². The van der Waals surface area contributed by atoms with Crippen molar-refractivity contribution in [1.82, 2.24) is 10.1 Å². The molecule has 2 N–H and O–H groups in total. The molecule has 1 saturated heterocycles. The highest BCUT2D eigenvalue weighted by atomic mass is 16.5. The molecule has 19 heavy (non-hydrogen) atoms. The highest BCUT2D eigenvalue weighted by Crippen LogP contribution is 2.35. The number of aryl methyl sites for hydroxylation is 1. The third-order valence-electron chi connectivity index (χ3n) is 3.07. The minimum absolute atomic E-state index is 0.432. The average molecular weight is 270 g/mol. The molecular weight excluding hydrogens is 252 g/mol. The van der Waals surface area contributed by atoms with Gasteiger partial charge in [0.15, 0.2) is 5.76 Å². The van der Waals surface area contributed by atoms with E-state index >= 15 is 0 Å². The topological polar surface area (TPSA) is 104 Å². The maximum absolute atomic E-state index is 9.10. The third kappa shape index (κ3) is 4.06. The number of rotatable bonds is 1. The van der Waals surface area contributed by atoms with Gasteiger partial charge in [-0.05, 0) is 32.9 Å². The number of aliphatic carboxylic acids is 2. The van der Waals surface area contributed by atoms with E-state index in [4.69, 9.17) is 24.3 Å². The van der Waals surface area contributed by atoms with Crippen LogP contribution in [0.5, 0.6) is 0 Å². The SMILES string of the molecule is Cc1cc([C@H]2[C@H](C)CCN2C)on1.O=C(O)C(=O)O. The van der Waals surface area contributed by atoms with E-state index in [1.165, 1.54) is 6.42 Å². The maximum atomic E-state index is 9.10. The lowest BCUT2D eigenvalue weighted by molar-refractivity contribution is -0.159. The predicted octanol–water partition coefficient (Wildman–Crippen LogP) is 1.15. The molecule has 2 atom stereocenters. The molecule has 0 spiro atoms. The monoisotopic (exact) mass is 270 g/mol. The van der Waals surface area contributed by atoms with Gasteiger partial charge in [-0.15, -0.1) is 0 Å². The number of hydrogen-bond acceptors (Lipinski definition) is 5. The number of carboxylic acids is 2. The number of aromatic nitrogens is 1. The van der Waals surface area contributed by atoms with Crippen LogP contribution in [-0.4, -0.2) is 45.8 Å². The first-order chi connectivity index (χ1) is 8.82. The van der Waals surface area contributed by atoms with Gasteiger partial charge in [0.1, 0.15) is 0 Å². The molecule has 0 aromatic carbocycles. The summed E-state index contributed by atoms with van der Waals surface area (Å²) in [7, 11) is 2.14. The van der Waals surface area contributed by atoms with E-state index in [2.05, 4.69) is 24.0 Å². The lowest BCUT2D eigenvalue weighted by atomic mass is 10.0. The van der Waals surface area contributed by atoms with Crippen molar-refractivity contribution in [3.05, 3.63) is 17.5 Å². The molecule has 0 saturated carbocycles. The molecule has 7 nitrogen and oxygen atoms in total. The normalized spacial score (nSPS) is 22.7. The summed E-state index contributed by atoms with van der Waals surface area (Å²) < 4.78 is 5.30. The molecule has 106 valence electrons. The van der Waals surface area contributed by atoms with Gasteiger partial charge in [-0.25, -0.2) is 9.59 Å². The van der Waals surface area contributed by atoms with Gasteiger partial charge < -0.3 is 14.7 Å². The van der Waals surface area contributed by atoms with Gasteiger partial charge in [0.2, 0.25) is 0 Å². The van der Waals surface area contributed by atoms with Crippen LogP contribution in [0.15, 0.2) is 10.6 Å². The molecule has 1 aliphatic rings. The number of hydrogen-bond donors (Lipinski definition) is 2. The molecule has 0 unspecified atom stereocenters. The molecule has 1 aliphatic heterocycles. The van der Waals surface area contributed by atoms with Gasteiger partial charge in [-0.3, -0.25) is 4.90 Å². The maximum Gasteiger partial charge on any atom is 0.414 e. The summed E-state index contributed by atoms with van der Waals surface area (Å²) in [5.74, 6) is -1.95. The molecule has 0 aliphatic carbocycles. The van der Waals surface area contributed by atoms with Gasteiger partial charge in [0.05, 0.1) is 11.7 Å². The Balaban J connectivity index is 0.000000258. The first-order valence-corrected chi connectivity index (χ1v) is 5.92. The Morgan fingerprint density at radius 2 is 2.00 bits per heavy atom. The van der Waals surface area contributed by atoms with E-state index in [1.54, 1.807) is 0 Å². The highest BCUT2D eigenvalue weighted by molar-refractivity contribution is 6.27. The van der Waals surface area contributed by atoms with Crippen molar-refractivity contribution in [2.24, 2.45) is 5.92 Å². The van der Waals surface area contributed by atoms with E-state index in [9.17, 15) is 0 Å². The Kier molecular flexibility index (Phi) is 5.05. The van der Waals surface area contributed by atoms with Gasteiger partial charge in [-0.2, -0.15) is 0 Å². The summed E-state index contributed by atoms with van der Waals surface area (Å²) in [6.45, 7) is 5.39. The first-order valence-electron chi connectivity index (χ1n) is 5.92. The van der Waals surface area contributed by atoms with Gasteiger partial charge in [0, 0.05) is 6.07 Å². The largest absolute Gasteiger partial charge is 0.473 e. The number of likely N-dealkylation sites (tertiary alicyclic amines) is 1. The summed E-state index contributed by atoms with van der Waals surface area (Å²) in [6.07, 6.45) is 1.25. The quantitative estimate of drug-likeness (QED) is 0.737. The van der Waals surface area contributed by atoms with Crippen LogP contribution >= 0.6 is 0 Å². The summed E-state index contributed by atoms with van der Waals surface area (Å²) in [5.41, 5.74) is 0.975. The molecule has 1 fully saturated rings. The second-order valence-electron chi connectivity index (χ2n) is 4.67. The van der Waals surface area contributed by atoms with E-state index < -0.39 is 11.9 Å². The minimum Gasteiger partial charge on any atom is -0.473 e. The zero-order chi connectivity index (χ0) is 14.6. The van der Waals surface area contributed by atoms with Crippen LogP contribution < -0.4 is 0 Å². The summed E-state index contributed by atoms with van der Waals surface area (Å²) in [6, 6.07) is 2.48. The molecule has 2 rings (SSSR count). The first kappa shape index (κ1) is 15.2. The number of carbonyl (C=O) groups is 2. The van der Waals surface area contributed by atoms with Gasteiger partial charge in [-0.1, -0.05) is 12.1 Å².